The molecule has 82 valence electrons. The van der Waals surface area contributed by atoms with Crippen molar-refractivity contribution < 1.29 is 9.21 Å². The number of carbonyl (C=O) groups is 1. The molecule has 0 aliphatic heterocycles. The molecule has 16 heavy (non-hydrogen) atoms. The molecule has 0 amide bonds. The van der Waals surface area contributed by atoms with Crippen LogP contribution in [0.25, 0.3) is 0 Å². The number of hydrogen-bond donors (Lipinski definition) is 0. The van der Waals surface area contributed by atoms with E-state index in [-0.39, 0.29) is 0 Å². The molecule has 2 rings (SSSR count). The van der Waals surface area contributed by atoms with Crippen LogP contribution >= 0.6 is 0 Å². The number of nitrogens with zero attached hydrogens (tertiary/aromatic N) is 1. The Bertz CT molecular complexity index is 488. The molecule has 0 saturated carbocycles. The Kier molecular flexibility index (Phi) is 3.15. The van der Waals surface area contributed by atoms with Crippen molar-refractivity contribution in [2.45, 2.75) is 19.8 Å². The molecule has 0 fully saturated rings. The quantitative estimate of drug-likeness (QED) is 0.735. The van der Waals surface area contributed by atoms with E-state index in [9.17, 15) is 4.79 Å². The summed E-state index contributed by atoms with van der Waals surface area (Å²) >= 11 is 0. The van der Waals surface area contributed by atoms with Gasteiger partial charge < -0.3 is 9.21 Å². The highest BCUT2D eigenvalue weighted by Crippen LogP contribution is 2.13. The van der Waals surface area contributed by atoms with Gasteiger partial charge in [-0.15, -0.1) is 0 Å². The summed E-state index contributed by atoms with van der Waals surface area (Å²) in [5, 5.41) is 0. The Labute approximate surface area is 94.1 Å². The van der Waals surface area contributed by atoms with E-state index in [4.69, 9.17) is 4.42 Å². The zero-order chi connectivity index (χ0) is 11.4. The Balaban J connectivity index is 2.14. The Morgan fingerprint density at radius 1 is 1.38 bits per heavy atom. The average Bonchev–Trinajstić information content (AvgIpc) is 2.70. The van der Waals surface area contributed by atoms with Gasteiger partial charge in [0.05, 0.1) is 12.6 Å². The molecular formula is C13H13NO2. The molecule has 1 aromatic carbocycles. The van der Waals surface area contributed by atoms with E-state index >= 15 is 0 Å². The van der Waals surface area contributed by atoms with Gasteiger partial charge >= 0.3 is 0 Å². The highest BCUT2D eigenvalue weighted by atomic mass is 16.4. The minimum Gasteiger partial charge on any atom is -0.445 e. The molecule has 0 radical (unpaired) electrons. The lowest BCUT2D eigenvalue weighted by molar-refractivity contribution is -0.107. The number of hydrogen-bond acceptors (Lipinski definition) is 3. The fourth-order valence-electron chi connectivity index (χ4n) is 1.58. The van der Waals surface area contributed by atoms with Crippen LogP contribution in [0.3, 0.4) is 0 Å². The lowest BCUT2D eigenvalue weighted by Gasteiger charge is -2.01. The molecule has 0 bridgehead atoms. The van der Waals surface area contributed by atoms with Crippen molar-refractivity contribution in [2.24, 2.45) is 0 Å². The summed E-state index contributed by atoms with van der Waals surface area (Å²) in [6, 6.07) is 8.12. The lowest BCUT2D eigenvalue weighted by atomic mass is 10.1. The van der Waals surface area contributed by atoms with Crippen molar-refractivity contribution in [3.8, 4) is 0 Å². The zero-order valence-corrected chi connectivity index (χ0v) is 9.14. The van der Waals surface area contributed by atoms with Crippen LogP contribution < -0.4 is 0 Å². The van der Waals surface area contributed by atoms with Crippen molar-refractivity contribution in [3.63, 3.8) is 0 Å². The maximum absolute atomic E-state index is 10.3. The number of oxazole rings is 1. The van der Waals surface area contributed by atoms with E-state index in [0.29, 0.717) is 24.5 Å². The van der Waals surface area contributed by atoms with Gasteiger partial charge in [0, 0.05) is 6.42 Å². The van der Waals surface area contributed by atoms with Crippen molar-refractivity contribution in [3.05, 3.63) is 53.2 Å². The topological polar surface area (TPSA) is 43.1 Å². The largest absolute Gasteiger partial charge is 0.445 e. The molecule has 0 saturated heterocycles. The van der Waals surface area contributed by atoms with Crippen LogP contribution in [0.4, 0.5) is 0 Å². The van der Waals surface area contributed by atoms with Crippen LogP contribution in [-0.4, -0.2) is 11.3 Å². The molecule has 1 heterocycles. The molecule has 3 nitrogen and oxygen atoms in total. The molecule has 0 spiro atoms. The van der Waals surface area contributed by atoms with Crippen LogP contribution in [-0.2, 0) is 17.6 Å². The van der Waals surface area contributed by atoms with E-state index in [1.54, 1.807) is 6.20 Å². The Morgan fingerprint density at radius 2 is 2.19 bits per heavy atom. The Morgan fingerprint density at radius 3 is 2.94 bits per heavy atom. The summed E-state index contributed by atoms with van der Waals surface area (Å²) in [5.74, 6) is 1.28. The van der Waals surface area contributed by atoms with E-state index in [1.807, 2.05) is 12.1 Å². The molecule has 0 N–H and O–H groups in total. The van der Waals surface area contributed by atoms with E-state index in [2.05, 4.69) is 24.0 Å². The monoisotopic (exact) mass is 215 g/mol. The van der Waals surface area contributed by atoms with Gasteiger partial charge in [-0.3, -0.25) is 0 Å². The Hall–Kier alpha value is -1.90. The molecule has 1 aromatic heterocycles. The van der Waals surface area contributed by atoms with E-state index in [1.165, 1.54) is 11.1 Å². The number of aromatic nitrogens is 1. The minimum absolute atomic E-state index is 0.292. The first-order valence-electron chi connectivity index (χ1n) is 5.21. The lowest BCUT2D eigenvalue weighted by Crippen LogP contribution is -1.91. The normalized spacial score (nSPS) is 10.3. The third-order valence-corrected chi connectivity index (χ3v) is 2.49. The van der Waals surface area contributed by atoms with Gasteiger partial charge in [-0.05, 0) is 18.1 Å². The third-order valence-electron chi connectivity index (χ3n) is 2.49. The summed E-state index contributed by atoms with van der Waals surface area (Å²) in [4.78, 5) is 14.5. The molecule has 0 aliphatic carbocycles. The predicted molar refractivity (Wildman–Crippen MR) is 60.3 cm³/mol. The maximum atomic E-state index is 10.3. The first-order chi connectivity index (χ1) is 7.79. The van der Waals surface area contributed by atoms with Crippen LogP contribution in [0.5, 0.6) is 0 Å². The summed E-state index contributed by atoms with van der Waals surface area (Å²) < 4.78 is 5.44. The molecule has 0 unspecified atom stereocenters. The summed E-state index contributed by atoms with van der Waals surface area (Å²) in [5.41, 5.74) is 2.42. The van der Waals surface area contributed by atoms with Gasteiger partial charge in [0.15, 0.2) is 5.89 Å². The molecule has 2 aromatic rings. The second-order valence-corrected chi connectivity index (χ2v) is 3.69. The number of benzene rings is 1. The zero-order valence-electron chi connectivity index (χ0n) is 9.14. The fraction of sp³-hybridized carbons (Fsp3) is 0.231. The summed E-state index contributed by atoms with van der Waals surface area (Å²) in [6.07, 6.45) is 3.40. The van der Waals surface area contributed by atoms with Crippen LogP contribution in [0.2, 0.25) is 0 Å². The van der Waals surface area contributed by atoms with Gasteiger partial charge in [0.2, 0.25) is 0 Å². The molecule has 0 aliphatic rings. The summed E-state index contributed by atoms with van der Waals surface area (Å²) in [6.45, 7) is 2.06. The number of rotatable bonds is 4. The van der Waals surface area contributed by atoms with Crippen molar-refractivity contribution in [1.29, 1.82) is 0 Å². The predicted octanol–water partition coefficient (Wildman–Crippen LogP) is 2.32. The molecular weight excluding hydrogens is 202 g/mol. The van der Waals surface area contributed by atoms with Crippen molar-refractivity contribution >= 4 is 6.29 Å². The average molecular weight is 215 g/mol. The number of carbonyl (C=O) groups excluding carboxylic acids is 1. The van der Waals surface area contributed by atoms with Crippen molar-refractivity contribution in [2.75, 3.05) is 0 Å². The van der Waals surface area contributed by atoms with Gasteiger partial charge in [0.25, 0.3) is 0 Å². The third kappa shape index (κ3) is 2.37. The van der Waals surface area contributed by atoms with Gasteiger partial charge in [-0.1, -0.05) is 24.3 Å². The second kappa shape index (κ2) is 4.75. The summed E-state index contributed by atoms with van der Waals surface area (Å²) in [7, 11) is 0. The van der Waals surface area contributed by atoms with Gasteiger partial charge in [-0.2, -0.15) is 0 Å². The smallest absolute Gasteiger partial charge is 0.198 e. The highest BCUT2D eigenvalue weighted by molar-refractivity contribution is 5.52. The second-order valence-electron chi connectivity index (χ2n) is 3.69. The standard InChI is InChI=1S/C13H13NO2/c1-10-4-2-3-5-11(10)8-13-14-9-12(16-13)6-7-15/h2-5,7,9H,6,8H2,1H3. The van der Waals surface area contributed by atoms with Gasteiger partial charge in [-0.25, -0.2) is 4.98 Å². The van der Waals surface area contributed by atoms with Crippen LogP contribution in [0, 0.1) is 6.92 Å². The maximum Gasteiger partial charge on any atom is 0.198 e. The minimum atomic E-state index is 0.292. The number of aldehydes is 1. The van der Waals surface area contributed by atoms with Crippen LogP contribution in [0.1, 0.15) is 22.8 Å². The first-order valence-corrected chi connectivity index (χ1v) is 5.21. The van der Waals surface area contributed by atoms with Crippen molar-refractivity contribution in [1.82, 2.24) is 4.98 Å². The van der Waals surface area contributed by atoms with Gasteiger partial charge in [0.1, 0.15) is 12.0 Å². The molecule has 3 heteroatoms. The fourth-order valence-corrected chi connectivity index (χ4v) is 1.58. The SMILES string of the molecule is Cc1ccccc1Cc1ncc(CC=O)o1. The van der Waals surface area contributed by atoms with Crippen LogP contribution in [0.15, 0.2) is 34.9 Å². The highest BCUT2D eigenvalue weighted by Gasteiger charge is 2.05. The number of aryl methyl sites for hydroxylation is 1. The first kappa shape index (κ1) is 10.6. The van der Waals surface area contributed by atoms with E-state index in [0.717, 1.165) is 6.29 Å². The van der Waals surface area contributed by atoms with E-state index < -0.39 is 0 Å². The molecule has 0 atom stereocenters.